The third-order valence-electron chi connectivity index (χ3n) is 5.67. The number of aromatic carboxylic acids is 1. The lowest BCUT2D eigenvalue weighted by Gasteiger charge is -2.18. The van der Waals surface area contributed by atoms with Gasteiger partial charge in [-0.2, -0.15) is 0 Å². The molecule has 6 heteroatoms. The summed E-state index contributed by atoms with van der Waals surface area (Å²) in [5.74, 6) is -0.584. The van der Waals surface area contributed by atoms with Crippen LogP contribution in [0, 0.1) is 0 Å². The van der Waals surface area contributed by atoms with Crippen molar-refractivity contribution in [2.45, 2.75) is 32.0 Å². The van der Waals surface area contributed by atoms with E-state index in [1.165, 1.54) is 17.3 Å². The molecule has 142 valence electrons. The molecule has 1 aliphatic carbocycles. The average Bonchev–Trinajstić information content (AvgIpc) is 3.43. The highest BCUT2D eigenvalue weighted by Crippen LogP contribution is 2.42. The summed E-state index contributed by atoms with van der Waals surface area (Å²) in [7, 11) is 1.60. The van der Waals surface area contributed by atoms with Gasteiger partial charge in [0.1, 0.15) is 5.56 Å². The fourth-order valence-corrected chi connectivity index (χ4v) is 4.11. The van der Waals surface area contributed by atoms with Gasteiger partial charge in [0.2, 0.25) is 5.43 Å². The fraction of sp³-hybridized carbons (Fsp3) is 0.273. The number of methoxy groups -OCH3 is 1. The third-order valence-corrected chi connectivity index (χ3v) is 5.67. The molecule has 3 aromatic rings. The highest BCUT2D eigenvalue weighted by Gasteiger charge is 2.29. The maximum Gasteiger partial charge on any atom is 0.341 e. The van der Waals surface area contributed by atoms with Crippen molar-refractivity contribution < 1.29 is 14.6 Å². The number of carbonyl (C=O) groups is 1. The van der Waals surface area contributed by atoms with Crippen LogP contribution in [0.1, 0.15) is 40.4 Å². The van der Waals surface area contributed by atoms with E-state index in [4.69, 9.17) is 4.74 Å². The molecule has 0 amide bonds. The Morgan fingerprint density at radius 1 is 1.18 bits per heavy atom. The van der Waals surface area contributed by atoms with Gasteiger partial charge in [0.15, 0.2) is 5.75 Å². The Labute approximate surface area is 161 Å². The molecular formula is C22H20N2O4. The van der Waals surface area contributed by atoms with Crippen LogP contribution in [-0.4, -0.2) is 22.8 Å². The number of nitrogens with zero attached hydrogens (tertiary/aromatic N) is 1. The Balaban J connectivity index is 1.81. The van der Waals surface area contributed by atoms with Crippen molar-refractivity contribution in [3.05, 3.63) is 63.4 Å². The highest BCUT2D eigenvalue weighted by atomic mass is 16.5. The van der Waals surface area contributed by atoms with E-state index >= 15 is 0 Å². The summed E-state index contributed by atoms with van der Waals surface area (Å²) in [4.78, 5) is 24.3. The van der Waals surface area contributed by atoms with Crippen molar-refractivity contribution in [2.24, 2.45) is 0 Å². The number of nitrogens with one attached hydrogen (secondary N) is 1. The predicted molar refractivity (Wildman–Crippen MR) is 106 cm³/mol. The molecule has 1 fully saturated rings. The minimum atomic E-state index is -1.20. The van der Waals surface area contributed by atoms with E-state index in [-0.39, 0.29) is 11.6 Å². The molecule has 0 atom stereocenters. The molecule has 0 bridgehead atoms. The molecule has 0 radical (unpaired) electrons. The second kappa shape index (κ2) is 6.21. The summed E-state index contributed by atoms with van der Waals surface area (Å²) in [6.07, 6.45) is 3.41. The largest absolute Gasteiger partial charge is 0.494 e. The summed E-state index contributed by atoms with van der Waals surface area (Å²) >= 11 is 0. The van der Waals surface area contributed by atoms with Crippen LogP contribution in [0.4, 0.5) is 0 Å². The van der Waals surface area contributed by atoms with Gasteiger partial charge < -0.3 is 19.7 Å². The van der Waals surface area contributed by atoms with Crippen LogP contribution >= 0.6 is 0 Å². The van der Waals surface area contributed by atoms with Crippen LogP contribution in [0.2, 0.25) is 0 Å². The maximum atomic E-state index is 12.8. The summed E-state index contributed by atoms with van der Waals surface area (Å²) in [6.45, 7) is 1.72. The predicted octanol–water partition coefficient (Wildman–Crippen LogP) is 3.31. The Bertz CT molecular complexity index is 1190. The molecule has 1 saturated carbocycles. The van der Waals surface area contributed by atoms with Crippen molar-refractivity contribution >= 4 is 16.9 Å². The van der Waals surface area contributed by atoms with E-state index in [9.17, 15) is 14.7 Å². The lowest BCUT2D eigenvalue weighted by atomic mass is 9.97. The van der Waals surface area contributed by atoms with E-state index in [1.807, 2.05) is 10.6 Å². The quantitative estimate of drug-likeness (QED) is 0.730. The zero-order valence-electron chi connectivity index (χ0n) is 15.5. The van der Waals surface area contributed by atoms with E-state index in [1.54, 1.807) is 13.2 Å². The van der Waals surface area contributed by atoms with Crippen LogP contribution in [0.25, 0.3) is 22.0 Å². The first-order chi connectivity index (χ1) is 13.6. The zero-order chi connectivity index (χ0) is 19.4. The Kier molecular flexibility index (Phi) is 3.77. The van der Waals surface area contributed by atoms with Gasteiger partial charge in [-0.05, 0) is 47.7 Å². The number of pyridine rings is 1. The molecule has 6 nitrogen and oxygen atoms in total. The van der Waals surface area contributed by atoms with Gasteiger partial charge in [0, 0.05) is 30.9 Å². The number of fused-ring (bicyclic) bond motifs is 2. The Morgan fingerprint density at radius 3 is 2.68 bits per heavy atom. The molecule has 1 aromatic heterocycles. The van der Waals surface area contributed by atoms with Crippen molar-refractivity contribution in [3.8, 4) is 16.9 Å². The number of benzene rings is 2. The van der Waals surface area contributed by atoms with E-state index in [0.29, 0.717) is 16.7 Å². The Morgan fingerprint density at radius 2 is 1.96 bits per heavy atom. The third kappa shape index (κ3) is 2.52. The topological polar surface area (TPSA) is 80.6 Å². The molecule has 28 heavy (non-hydrogen) atoms. The number of carboxylic acid groups (broad SMARTS) is 1. The molecule has 2 heterocycles. The molecule has 2 aromatic carbocycles. The first kappa shape index (κ1) is 17.0. The van der Waals surface area contributed by atoms with E-state index < -0.39 is 11.4 Å². The minimum Gasteiger partial charge on any atom is -0.494 e. The van der Waals surface area contributed by atoms with Crippen molar-refractivity contribution in [2.75, 3.05) is 7.11 Å². The second-order valence-electron chi connectivity index (χ2n) is 7.45. The molecule has 2 N–H and O–H groups in total. The fourth-order valence-electron chi connectivity index (χ4n) is 4.11. The molecule has 1 aliphatic heterocycles. The van der Waals surface area contributed by atoms with E-state index in [0.717, 1.165) is 37.1 Å². The first-order valence-electron chi connectivity index (χ1n) is 9.40. The number of hydrogen-bond donors (Lipinski definition) is 2. The van der Waals surface area contributed by atoms with Gasteiger partial charge in [-0.3, -0.25) is 4.79 Å². The van der Waals surface area contributed by atoms with Crippen molar-refractivity contribution in [1.82, 2.24) is 9.88 Å². The monoisotopic (exact) mass is 376 g/mol. The second-order valence-corrected chi connectivity index (χ2v) is 7.45. The van der Waals surface area contributed by atoms with Crippen molar-refractivity contribution in [1.29, 1.82) is 0 Å². The lowest BCUT2D eigenvalue weighted by molar-refractivity contribution is 0.0695. The molecule has 0 unspecified atom stereocenters. The molecule has 0 spiro atoms. The maximum absolute atomic E-state index is 12.8. The van der Waals surface area contributed by atoms with Crippen LogP contribution in [0.3, 0.4) is 0 Å². The zero-order valence-corrected chi connectivity index (χ0v) is 15.5. The standard InChI is InChI=1S/C22H20N2O4/c1-28-21-16(12-2-3-13-9-23-10-14(13)8-12)6-7-17-19(21)24(15-4-5-15)11-18(20(17)25)22(26)27/h2-3,6-8,11,15,23H,4-5,9-10H2,1H3,(H,26,27). The summed E-state index contributed by atoms with van der Waals surface area (Å²) in [6, 6.07) is 10.1. The van der Waals surface area contributed by atoms with Gasteiger partial charge in [-0.1, -0.05) is 12.1 Å². The summed E-state index contributed by atoms with van der Waals surface area (Å²) in [5.41, 5.74) is 4.50. The molecule has 2 aliphatic rings. The molecule has 5 rings (SSSR count). The average molecular weight is 376 g/mol. The number of carboxylic acids is 1. The van der Waals surface area contributed by atoms with Gasteiger partial charge in [0.25, 0.3) is 0 Å². The first-order valence-corrected chi connectivity index (χ1v) is 9.40. The van der Waals surface area contributed by atoms with Crippen LogP contribution < -0.4 is 15.5 Å². The normalized spacial score (nSPS) is 15.6. The summed E-state index contributed by atoms with van der Waals surface area (Å²) in [5, 5.41) is 13.2. The number of aromatic nitrogens is 1. The number of ether oxygens (including phenoxy) is 1. The van der Waals surface area contributed by atoms with Gasteiger partial charge in [0.05, 0.1) is 18.0 Å². The Hall–Kier alpha value is -3.12. The molecule has 0 saturated heterocycles. The SMILES string of the molecule is COc1c(-c2ccc3c(c2)CNC3)ccc2c(=O)c(C(=O)O)cn(C3CC3)c12. The summed E-state index contributed by atoms with van der Waals surface area (Å²) < 4.78 is 7.70. The van der Waals surface area contributed by atoms with Gasteiger partial charge >= 0.3 is 5.97 Å². The van der Waals surface area contributed by atoms with E-state index in [2.05, 4.69) is 23.5 Å². The van der Waals surface area contributed by atoms with Crippen molar-refractivity contribution in [3.63, 3.8) is 0 Å². The van der Waals surface area contributed by atoms with Crippen LogP contribution in [-0.2, 0) is 13.1 Å². The number of hydrogen-bond acceptors (Lipinski definition) is 4. The van der Waals surface area contributed by atoms with Gasteiger partial charge in [-0.15, -0.1) is 0 Å². The smallest absolute Gasteiger partial charge is 0.341 e. The minimum absolute atomic E-state index is 0.196. The van der Waals surface area contributed by atoms with Gasteiger partial charge in [-0.25, -0.2) is 4.79 Å². The molecular weight excluding hydrogens is 356 g/mol. The van der Waals surface area contributed by atoms with Crippen LogP contribution in [0.15, 0.2) is 41.3 Å². The highest BCUT2D eigenvalue weighted by molar-refractivity contribution is 5.97. The number of rotatable bonds is 4. The lowest BCUT2D eigenvalue weighted by Crippen LogP contribution is -2.19. The van der Waals surface area contributed by atoms with Crippen LogP contribution in [0.5, 0.6) is 5.75 Å².